The number of β-amino-alcohol motifs (C(OH)–C–C–N with tert-alkyl or cyclic N) is 1. The quantitative estimate of drug-likeness (QED) is 0.297. The van der Waals surface area contributed by atoms with Gasteiger partial charge in [0.15, 0.2) is 0 Å². The van der Waals surface area contributed by atoms with E-state index in [9.17, 15) is 5.11 Å². The molecule has 2 aromatic carbocycles. The van der Waals surface area contributed by atoms with Crippen LogP contribution in [-0.2, 0) is 5.41 Å². The minimum atomic E-state index is -0.475. The predicted molar refractivity (Wildman–Crippen MR) is 139 cm³/mol. The van der Waals surface area contributed by atoms with Gasteiger partial charge in [0.05, 0.1) is 11.1 Å². The van der Waals surface area contributed by atoms with Crippen molar-refractivity contribution in [2.24, 2.45) is 0 Å². The van der Waals surface area contributed by atoms with Crippen LogP contribution in [-0.4, -0.2) is 66.3 Å². The van der Waals surface area contributed by atoms with Gasteiger partial charge in [-0.25, -0.2) is 0 Å². The average molecular weight is 543 g/mol. The van der Waals surface area contributed by atoms with Crippen LogP contribution in [0.2, 0.25) is 0 Å². The van der Waals surface area contributed by atoms with Gasteiger partial charge in [0.2, 0.25) is 0 Å². The second kappa shape index (κ2) is 12.5. The van der Waals surface area contributed by atoms with E-state index in [2.05, 4.69) is 58.9 Å². The predicted octanol–water partition coefficient (Wildman–Crippen LogP) is 5.57. The second-order valence-corrected chi connectivity index (χ2v) is 11.0. The van der Waals surface area contributed by atoms with Crippen molar-refractivity contribution in [3.8, 4) is 11.5 Å². The Labute approximate surface area is 209 Å². The molecule has 1 atom stereocenters. The number of ether oxygens (including phenoxy) is 2. The van der Waals surface area contributed by atoms with Crippen molar-refractivity contribution in [3.63, 3.8) is 0 Å². The first-order valence-electron chi connectivity index (χ1n) is 11.1. The fourth-order valence-corrected chi connectivity index (χ4v) is 5.29. The molecule has 176 valence electrons. The number of benzene rings is 2. The molecule has 32 heavy (non-hydrogen) atoms. The number of nitrogens with zero attached hydrogens (tertiary/aromatic N) is 1. The number of thioether (sulfide) groups is 1. The van der Waals surface area contributed by atoms with Crippen LogP contribution in [0.5, 0.6) is 11.5 Å². The Hall–Kier alpha value is -0.920. The molecule has 7 heteroatoms. The zero-order valence-electron chi connectivity index (χ0n) is 18.9. The number of aliphatic hydroxyl groups is 1. The van der Waals surface area contributed by atoms with Gasteiger partial charge in [-0.2, -0.15) is 11.8 Å². The number of hydrogen-bond donors (Lipinski definition) is 1. The minimum Gasteiger partial charge on any atom is -0.492 e. The third kappa shape index (κ3) is 7.29. The molecule has 0 radical (unpaired) electrons. The standard InChI is InChI=1S/C25H33BrClNO3S/c1-25(2,20-6-9-24(23(26)16-20)30-13-3-10-27)19-4-7-22(8-5-19)31-18-21(29)17-28-11-14-32-15-12-28/h4-9,16,21,29H,3,10-15,17-18H2,1-2H3/t21-/m1/s1. The Morgan fingerprint density at radius 2 is 1.78 bits per heavy atom. The monoisotopic (exact) mass is 541 g/mol. The summed E-state index contributed by atoms with van der Waals surface area (Å²) in [5.41, 5.74) is 2.21. The molecule has 4 nitrogen and oxygen atoms in total. The van der Waals surface area contributed by atoms with Gasteiger partial charge in [-0.05, 0) is 57.7 Å². The summed E-state index contributed by atoms with van der Waals surface area (Å²) in [6.07, 6.45) is 0.348. The van der Waals surface area contributed by atoms with Gasteiger partial charge >= 0.3 is 0 Å². The van der Waals surface area contributed by atoms with Gasteiger partial charge in [0.25, 0.3) is 0 Å². The molecule has 0 aromatic heterocycles. The van der Waals surface area contributed by atoms with E-state index in [1.165, 1.54) is 11.1 Å². The van der Waals surface area contributed by atoms with Gasteiger partial charge in [-0.1, -0.05) is 32.0 Å². The Kier molecular flexibility index (Phi) is 10.1. The van der Waals surface area contributed by atoms with E-state index in [0.29, 0.717) is 25.6 Å². The zero-order valence-corrected chi connectivity index (χ0v) is 22.0. The minimum absolute atomic E-state index is 0.179. The fraction of sp³-hybridized carbons (Fsp3) is 0.520. The molecule has 1 heterocycles. The lowest BCUT2D eigenvalue weighted by molar-refractivity contribution is 0.0715. The summed E-state index contributed by atoms with van der Waals surface area (Å²) in [5, 5.41) is 10.3. The Balaban J connectivity index is 1.57. The molecule has 0 amide bonds. The van der Waals surface area contributed by atoms with Crippen molar-refractivity contribution >= 4 is 39.3 Å². The molecule has 0 saturated carbocycles. The Morgan fingerprint density at radius 3 is 2.44 bits per heavy atom. The molecule has 1 fully saturated rings. The molecule has 3 rings (SSSR count). The maximum absolute atomic E-state index is 10.3. The molecular weight excluding hydrogens is 510 g/mol. The van der Waals surface area contributed by atoms with Crippen LogP contribution in [0, 0.1) is 0 Å². The first kappa shape index (κ1) is 25.7. The largest absolute Gasteiger partial charge is 0.492 e. The van der Waals surface area contributed by atoms with E-state index in [4.69, 9.17) is 21.1 Å². The SMILES string of the molecule is CC(C)(c1ccc(OC[C@H](O)CN2CCSCC2)cc1)c1ccc(OCCCCl)c(Br)c1. The third-order valence-electron chi connectivity index (χ3n) is 5.78. The lowest BCUT2D eigenvalue weighted by Crippen LogP contribution is -2.40. The lowest BCUT2D eigenvalue weighted by Gasteiger charge is -2.28. The third-order valence-corrected chi connectivity index (χ3v) is 7.61. The summed E-state index contributed by atoms with van der Waals surface area (Å²) >= 11 is 11.3. The molecule has 0 aliphatic carbocycles. The normalized spacial score (nSPS) is 16.0. The fourth-order valence-electron chi connectivity index (χ4n) is 3.70. The number of halogens is 2. The number of aliphatic hydroxyl groups excluding tert-OH is 1. The highest BCUT2D eigenvalue weighted by atomic mass is 79.9. The van der Waals surface area contributed by atoms with Gasteiger partial charge in [-0.3, -0.25) is 4.90 Å². The smallest absolute Gasteiger partial charge is 0.133 e. The molecule has 0 bridgehead atoms. The molecule has 2 aromatic rings. The first-order valence-corrected chi connectivity index (χ1v) is 13.6. The lowest BCUT2D eigenvalue weighted by atomic mass is 9.78. The summed E-state index contributed by atoms with van der Waals surface area (Å²) in [7, 11) is 0. The first-order chi connectivity index (χ1) is 15.4. The summed E-state index contributed by atoms with van der Waals surface area (Å²) in [6.45, 7) is 8.09. The van der Waals surface area contributed by atoms with Gasteiger partial charge in [0.1, 0.15) is 24.2 Å². The topological polar surface area (TPSA) is 41.9 Å². The highest BCUT2D eigenvalue weighted by Crippen LogP contribution is 2.36. The van der Waals surface area contributed by atoms with Crippen LogP contribution in [0.4, 0.5) is 0 Å². The summed E-state index contributed by atoms with van der Waals surface area (Å²) < 4.78 is 12.6. The van der Waals surface area contributed by atoms with Crippen LogP contribution in [0.25, 0.3) is 0 Å². The van der Waals surface area contributed by atoms with Crippen molar-refractivity contribution < 1.29 is 14.6 Å². The van der Waals surface area contributed by atoms with E-state index in [-0.39, 0.29) is 5.41 Å². The zero-order chi connectivity index (χ0) is 23.0. The highest BCUT2D eigenvalue weighted by Gasteiger charge is 2.24. The van der Waals surface area contributed by atoms with Crippen molar-refractivity contribution in [2.75, 3.05) is 50.2 Å². The van der Waals surface area contributed by atoms with E-state index in [1.807, 2.05) is 30.0 Å². The van der Waals surface area contributed by atoms with Crippen LogP contribution >= 0.6 is 39.3 Å². The number of hydrogen-bond acceptors (Lipinski definition) is 5. The molecular formula is C25H33BrClNO3S. The van der Waals surface area contributed by atoms with E-state index in [1.54, 1.807) is 0 Å². The van der Waals surface area contributed by atoms with Crippen molar-refractivity contribution in [1.29, 1.82) is 0 Å². The van der Waals surface area contributed by atoms with Crippen molar-refractivity contribution in [2.45, 2.75) is 31.8 Å². The number of rotatable bonds is 11. The van der Waals surface area contributed by atoms with Crippen LogP contribution in [0.1, 0.15) is 31.4 Å². The van der Waals surface area contributed by atoms with Crippen LogP contribution < -0.4 is 9.47 Å². The second-order valence-electron chi connectivity index (χ2n) is 8.56. The maximum atomic E-state index is 10.3. The van der Waals surface area contributed by atoms with Crippen molar-refractivity contribution in [3.05, 3.63) is 58.1 Å². The van der Waals surface area contributed by atoms with E-state index in [0.717, 1.165) is 47.0 Å². The molecule has 1 aliphatic rings. The number of alkyl halides is 1. The maximum Gasteiger partial charge on any atom is 0.133 e. The summed E-state index contributed by atoms with van der Waals surface area (Å²) in [5.74, 6) is 4.50. The van der Waals surface area contributed by atoms with Crippen LogP contribution in [0.15, 0.2) is 46.9 Å². The van der Waals surface area contributed by atoms with E-state index < -0.39 is 6.10 Å². The highest BCUT2D eigenvalue weighted by molar-refractivity contribution is 9.10. The summed E-state index contributed by atoms with van der Waals surface area (Å²) in [4.78, 5) is 2.31. The van der Waals surface area contributed by atoms with Crippen molar-refractivity contribution in [1.82, 2.24) is 4.90 Å². The molecule has 1 N–H and O–H groups in total. The molecule has 0 spiro atoms. The molecule has 1 aliphatic heterocycles. The van der Waals surface area contributed by atoms with Gasteiger partial charge < -0.3 is 14.6 Å². The van der Waals surface area contributed by atoms with Gasteiger partial charge in [0, 0.05) is 42.4 Å². The Bertz CT molecular complexity index is 844. The van der Waals surface area contributed by atoms with E-state index >= 15 is 0 Å². The Morgan fingerprint density at radius 1 is 1.09 bits per heavy atom. The van der Waals surface area contributed by atoms with Gasteiger partial charge in [-0.15, -0.1) is 11.6 Å². The van der Waals surface area contributed by atoms with Crippen LogP contribution in [0.3, 0.4) is 0 Å². The summed E-state index contributed by atoms with van der Waals surface area (Å²) in [6, 6.07) is 14.4. The molecule has 0 unspecified atom stereocenters. The molecule has 1 saturated heterocycles. The average Bonchev–Trinajstić information content (AvgIpc) is 2.80.